The van der Waals surface area contributed by atoms with Gasteiger partial charge in [-0.25, -0.2) is 10.0 Å². The lowest BCUT2D eigenvalue weighted by Crippen LogP contribution is -2.61. The number of aromatic amines is 1. The molecule has 3 aliphatic heterocycles. The van der Waals surface area contributed by atoms with Gasteiger partial charge in [0.2, 0.25) is 5.91 Å². The van der Waals surface area contributed by atoms with Crippen LogP contribution in [0.1, 0.15) is 101 Å². The lowest BCUT2D eigenvalue weighted by atomic mass is 9.73. The van der Waals surface area contributed by atoms with E-state index < -0.39 is 108 Å². The molecule has 0 radical (unpaired) electrons. The number of aromatic nitrogens is 1. The van der Waals surface area contributed by atoms with Crippen LogP contribution in [0, 0.1) is 23.7 Å². The molecule has 17 atom stereocenters. The van der Waals surface area contributed by atoms with Gasteiger partial charge in [0.15, 0.2) is 24.4 Å². The summed E-state index contributed by atoms with van der Waals surface area (Å²) in [6.07, 6.45) is -9.25. The molecule has 3 fully saturated rings. The summed E-state index contributed by atoms with van der Waals surface area (Å²) in [6, 6.07) is 9.61. The Bertz CT molecular complexity index is 1970. The molecule has 6 N–H and O–H groups in total. The first-order valence-electron chi connectivity index (χ1n) is 23.1. The van der Waals surface area contributed by atoms with Crippen molar-refractivity contribution in [1.82, 2.24) is 10.4 Å². The van der Waals surface area contributed by atoms with Crippen LogP contribution < -0.4 is 5.43 Å². The number of nitrogens with zero attached hydrogens (tertiary/aromatic N) is 2. The molecule has 0 bridgehead atoms. The fraction of sp³-hybridized carbons (Fsp3) is 0.750. The van der Waals surface area contributed by atoms with Crippen LogP contribution in [0.4, 0.5) is 0 Å². The number of aliphatic hydroxyl groups is 4. The summed E-state index contributed by atoms with van der Waals surface area (Å²) >= 11 is 0. The highest BCUT2D eigenvalue weighted by molar-refractivity contribution is 5.91. The van der Waals surface area contributed by atoms with Crippen molar-refractivity contribution < 1.29 is 67.7 Å². The van der Waals surface area contributed by atoms with E-state index in [0.29, 0.717) is 23.5 Å². The number of aliphatic hydroxyl groups excluding tert-OH is 3. The van der Waals surface area contributed by atoms with Crippen molar-refractivity contribution in [2.75, 3.05) is 28.3 Å². The lowest BCUT2D eigenvalue weighted by Gasteiger charge is -2.49. The van der Waals surface area contributed by atoms with Gasteiger partial charge in [0.1, 0.15) is 31.9 Å². The lowest BCUT2D eigenvalue weighted by molar-refractivity contribution is -0.473. The molecule has 366 valence electrons. The number of hydrogen-bond acceptors (Lipinski definition) is 14. The number of benzene rings is 1. The average molecular weight is 918 g/mol. The highest BCUT2D eigenvalue weighted by atomic mass is 16.7. The van der Waals surface area contributed by atoms with Crippen LogP contribution in [-0.2, 0) is 49.2 Å². The van der Waals surface area contributed by atoms with Crippen LogP contribution >= 0.6 is 0 Å². The fourth-order valence-corrected chi connectivity index (χ4v) is 10.2. The van der Waals surface area contributed by atoms with Crippen molar-refractivity contribution in [3.05, 3.63) is 36.0 Å². The quantitative estimate of drug-likeness (QED) is 0.113. The molecule has 0 saturated carbocycles. The number of nitrogens with one attached hydrogen (secondary N) is 2. The molecule has 5 rings (SSSR count). The molecule has 1 aromatic carbocycles. The van der Waals surface area contributed by atoms with Crippen LogP contribution in [0.2, 0.25) is 0 Å². The third kappa shape index (κ3) is 11.5. The molecule has 65 heavy (non-hydrogen) atoms. The maximum Gasteiger partial charge on any atom is 0.311 e. The number of para-hydroxylation sites is 1. The largest absolute Gasteiger partial charge is 0.459 e. The second-order valence-corrected chi connectivity index (χ2v) is 19.6. The van der Waals surface area contributed by atoms with Crippen molar-refractivity contribution in [3.8, 4) is 0 Å². The van der Waals surface area contributed by atoms with Crippen molar-refractivity contribution in [2.45, 2.75) is 180 Å². The topological polar surface area (TPSA) is 223 Å². The first kappa shape index (κ1) is 52.6. The zero-order chi connectivity index (χ0) is 48.3. The van der Waals surface area contributed by atoms with E-state index in [4.69, 9.17) is 33.2 Å². The molecule has 17 nitrogen and oxygen atoms in total. The minimum Gasteiger partial charge on any atom is -0.459 e. The van der Waals surface area contributed by atoms with E-state index in [9.17, 15) is 30.0 Å². The number of fused-ring (bicyclic) bond motifs is 1. The Morgan fingerprint density at radius 1 is 0.938 bits per heavy atom. The van der Waals surface area contributed by atoms with Gasteiger partial charge in [0.25, 0.3) is 0 Å². The number of ether oxygens (including phenoxy) is 7. The zero-order valence-corrected chi connectivity index (χ0v) is 40.9. The second kappa shape index (κ2) is 21.3. The van der Waals surface area contributed by atoms with Crippen LogP contribution in [0.5, 0.6) is 0 Å². The minimum atomic E-state index is -2.00. The van der Waals surface area contributed by atoms with Gasteiger partial charge in [-0.3, -0.25) is 9.59 Å². The van der Waals surface area contributed by atoms with E-state index in [1.54, 1.807) is 34.6 Å². The third-order valence-electron chi connectivity index (χ3n) is 14.3. The summed E-state index contributed by atoms with van der Waals surface area (Å²) in [5.41, 5.74) is 0.991. The summed E-state index contributed by atoms with van der Waals surface area (Å²) in [5, 5.41) is 52.8. The maximum absolute atomic E-state index is 14.5. The number of carbonyl (C=O) groups is 2. The van der Waals surface area contributed by atoms with Crippen molar-refractivity contribution in [1.29, 1.82) is 0 Å². The summed E-state index contributed by atoms with van der Waals surface area (Å²) < 4.78 is 46.7. The van der Waals surface area contributed by atoms with E-state index in [2.05, 4.69) is 15.5 Å². The smallest absolute Gasteiger partial charge is 0.311 e. The first-order chi connectivity index (χ1) is 30.4. The first-order valence-corrected chi connectivity index (χ1v) is 23.1. The molecule has 0 spiro atoms. The number of esters is 1. The van der Waals surface area contributed by atoms with Crippen LogP contribution in [0.15, 0.2) is 35.4 Å². The van der Waals surface area contributed by atoms with Gasteiger partial charge in [-0.1, -0.05) is 45.9 Å². The Balaban J connectivity index is 1.63. The van der Waals surface area contributed by atoms with Crippen LogP contribution in [0.25, 0.3) is 10.9 Å². The molecule has 17 unspecified atom stereocenters. The zero-order valence-electron chi connectivity index (χ0n) is 40.9. The number of hydrogen-bond donors (Lipinski definition) is 6. The minimum absolute atomic E-state index is 0.00872. The highest BCUT2D eigenvalue weighted by Gasteiger charge is 2.54. The molecule has 17 heteroatoms. The van der Waals surface area contributed by atoms with E-state index in [1.165, 1.54) is 21.1 Å². The number of cyclic esters (lactones) is 1. The Morgan fingerprint density at radius 2 is 1.60 bits per heavy atom. The fourth-order valence-electron chi connectivity index (χ4n) is 10.2. The summed E-state index contributed by atoms with van der Waals surface area (Å²) in [4.78, 5) is 31.4. The van der Waals surface area contributed by atoms with Gasteiger partial charge in [-0.2, -0.15) is 5.10 Å². The van der Waals surface area contributed by atoms with Crippen LogP contribution in [-0.4, -0.2) is 160 Å². The number of methoxy groups -OCH3 is 2. The van der Waals surface area contributed by atoms with Gasteiger partial charge in [-0.05, 0) is 77.8 Å². The van der Waals surface area contributed by atoms with Gasteiger partial charge in [-0.15, -0.1) is 0 Å². The van der Waals surface area contributed by atoms with Gasteiger partial charge < -0.3 is 58.6 Å². The molecule has 2 aromatic rings. The summed E-state index contributed by atoms with van der Waals surface area (Å²) in [5.74, 6) is -4.40. The van der Waals surface area contributed by atoms with Gasteiger partial charge in [0.05, 0.1) is 60.5 Å². The Kier molecular flexibility index (Phi) is 17.2. The average Bonchev–Trinajstić information content (AvgIpc) is 3.67. The molecular formula is C48H77N4O13+. The second-order valence-electron chi connectivity index (χ2n) is 19.6. The van der Waals surface area contributed by atoms with Crippen molar-refractivity contribution in [3.63, 3.8) is 0 Å². The predicted octanol–water partition coefficient (Wildman–Crippen LogP) is 3.85. The number of rotatable bonds is 10. The number of H-pyrrole nitrogens is 1. The monoisotopic (exact) mass is 918 g/mol. The standard InChI is InChI=1S/C48H76N4O13/c1-15-35-48(10,58)41(55)27(4)38(51-50-36(53)22-32-21-31-18-16-17-19-33(31)49-32)25(2)23-47(9,60-14)43(65-45-39(54)34(52(11)12)20-26(3)61-45)28(5)40(29(6)44(57)63-35)64-37-24-46(8,59-13)42(56)30(7)62-37/h16-19,21,25-30,35,37,39-43,45,49,54-56,58H,15,20,22-24H2,1-14H3/p+1. The Hall–Kier alpha value is -3.36. The SMILES string of the molecule is CCC1OC(=O)C(C)C(OC2CC(C)(OC)C(O)C(C)O2)C(C)C(OC2OC(C)CC(=[N+](C)C)C2O)C(C)(OC)CC(C)C(=NNC(=O)Cc2cc3ccccc3[nH]2)C(C)C(O)C1(C)O. The van der Waals surface area contributed by atoms with Gasteiger partial charge >= 0.3 is 5.97 Å². The van der Waals surface area contributed by atoms with E-state index in [1.807, 2.05) is 76.7 Å². The molecule has 3 aliphatic rings. The van der Waals surface area contributed by atoms with Crippen molar-refractivity contribution in [2.24, 2.45) is 28.8 Å². The summed E-state index contributed by atoms with van der Waals surface area (Å²) in [6.45, 7) is 17.5. The normalized spacial score (nSPS) is 40.9. The van der Waals surface area contributed by atoms with Crippen LogP contribution in [0.3, 0.4) is 0 Å². The maximum atomic E-state index is 14.5. The molecule has 1 aromatic heterocycles. The van der Waals surface area contributed by atoms with Crippen molar-refractivity contribution >= 4 is 34.2 Å². The van der Waals surface area contributed by atoms with E-state index >= 15 is 0 Å². The predicted molar refractivity (Wildman–Crippen MR) is 243 cm³/mol. The molecule has 4 heterocycles. The number of hydrazone groups is 1. The Labute approximate surface area is 384 Å². The Morgan fingerprint density at radius 3 is 2.22 bits per heavy atom. The molecule has 1 amide bonds. The number of carbonyl (C=O) groups excluding carboxylic acids is 2. The molecule has 0 aliphatic carbocycles. The van der Waals surface area contributed by atoms with E-state index in [0.717, 1.165) is 10.9 Å². The summed E-state index contributed by atoms with van der Waals surface area (Å²) in [7, 11) is 6.74. The van der Waals surface area contributed by atoms with E-state index in [-0.39, 0.29) is 31.8 Å². The molecule has 3 saturated heterocycles. The third-order valence-corrected chi connectivity index (χ3v) is 14.3. The number of amides is 1. The van der Waals surface area contributed by atoms with Gasteiger partial charge in [0, 0.05) is 49.4 Å². The molecular weight excluding hydrogens is 841 g/mol. The highest BCUT2D eigenvalue weighted by Crippen LogP contribution is 2.42.